The van der Waals surface area contributed by atoms with E-state index in [4.69, 9.17) is 0 Å². The van der Waals surface area contributed by atoms with E-state index in [0.717, 1.165) is 6.42 Å². The van der Waals surface area contributed by atoms with Crippen LogP contribution in [-0.4, -0.2) is 55.5 Å². The number of carbonyl (C=O) groups is 1. The first-order valence-corrected chi connectivity index (χ1v) is 8.80. The van der Waals surface area contributed by atoms with Crippen molar-refractivity contribution >= 4 is 15.9 Å². The van der Waals surface area contributed by atoms with E-state index in [9.17, 15) is 13.2 Å². The van der Waals surface area contributed by atoms with E-state index in [2.05, 4.69) is 0 Å². The molecule has 0 N–H and O–H groups in total. The van der Waals surface area contributed by atoms with E-state index in [-0.39, 0.29) is 17.1 Å². The quantitative estimate of drug-likeness (QED) is 0.783. The first-order valence-electron chi connectivity index (χ1n) is 7.29. The molecule has 0 spiro atoms. The topological polar surface area (TPSA) is 57.7 Å². The lowest BCUT2D eigenvalue weighted by molar-refractivity contribution is 0.0759. The van der Waals surface area contributed by atoms with Crippen LogP contribution in [0, 0.1) is 5.92 Å². The lowest BCUT2D eigenvalue weighted by atomic mass is 10.0. The Morgan fingerprint density at radius 2 is 1.81 bits per heavy atom. The van der Waals surface area contributed by atoms with Crippen LogP contribution in [0.25, 0.3) is 0 Å². The minimum Gasteiger partial charge on any atom is -0.339 e. The van der Waals surface area contributed by atoms with Crippen LogP contribution in [0.2, 0.25) is 0 Å². The van der Waals surface area contributed by atoms with E-state index < -0.39 is 10.0 Å². The van der Waals surface area contributed by atoms with Crippen LogP contribution in [0.1, 0.15) is 23.2 Å². The summed E-state index contributed by atoms with van der Waals surface area (Å²) in [5.41, 5.74) is 0.671. The molecule has 1 amide bonds. The Bertz CT molecular complexity index is 630. The van der Waals surface area contributed by atoms with Gasteiger partial charge in [-0.15, -0.1) is 0 Å². The molecule has 2 aliphatic heterocycles. The molecule has 5 nitrogen and oxygen atoms in total. The molecule has 0 saturated carbocycles. The van der Waals surface area contributed by atoms with Crippen molar-refractivity contribution in [1.29, 1.82) is 0 Å². The summed E-state index contributed by atoms with van der Waals surface area (Å²) < 4.78 is 26.0. The third-order valence-electron chi connectivity index (χ3n) is 4.60. The summed E-state index contributed by atoms with van der Waals surface area (Å²) in [5, 5.41) is -0.323. The highest BCUT2D eigenvalue weighted by Gasteiger charge is 2.45. The van der Waals surface area contributed by atoms with Crippen LogP contribution in [0.4, 0.5) is 0 Å². The maximum atomic E-state index is 12.5. The lowest BCUT2D eigenvalue weighted by Gasteiger charge is -2.21. The minimum absolute atomic E-state index is 0.00123. The van der Waals surface area contributed by atoms with Crippen molar-refractivity contribution in [1.82, 2.24) is 9.21 Å². The fourth-order valence-electron chi connectivity index (χ4n) is 3.37. The van der Waals surface area contributed by atoms with Crippen molar-refractivity contribution < 1.29 is 13.2 Å². The molecule has 1 aromatic carbocycles. The molecule has 0 aromatic heterocycles. The summed E-state index contributed by atoms with van der Waals surface area (Å²) in [5.74, 6) is 0.148. The first kappa shape index (κ1) is 14.5. The molecule has 1 aromatic rings. The molecule has 21 heavy (non-hydrogen) atoms. The molecule has 2 aliphatic rings. The predicted octanol–water partition coefficient (Wildman–Crippen LogP) is 1.18. The van der Waals surface area contributed by atoms with Gasteiger partial charge in [-0.05, 0) is 30.9 Å². The number of fused-ring (bicyclic) bond motifs is 1. The van der Waals surface area contributed by atoms with Gasteiger partial charge in [0.1, 0.15) is 0 Å². The van der Waals surface area contributed by atoms with Crippen LogP contribution in [0.3, 0.4) is 0 Å². The standard InChI is InChI=1S/C15H20N2O3S/c1-16-11-13-7-9-17(10-8-14(13)21(16,19)20)15(18)12-5-3-2-4-6-12/h2-6,13-14H,7-11H2,1H3/t13-,14-/m0/s1. The number of likely N-dealkylation sites (tertiary alicyclic amines) is 1. The molecule has 3 rings (SSSR count). The van der Waals surface area contributed by atoms with Gasteiger partial charge in [-0.25, -0.2) is 12.7 Å². The number of amides is 1. The molecule has 0 unspecified atom stereocenters. The van der Waals surface area contributed by atoms with Gasteiger partial charge in [-0.1, -0.05) is 18.2 Å². The minimum atomic E-state index is -3.17. The number of rotatable bonds is 1. The highest BCUT2D eigenvalue weighted by atomic mass is 32.2. The SMILES string of the molecule is CN1C[C@@H]2CCN(C(=O)c3ccccc3)CC[C@@H]2S1(=O)=O. The third kappa shape index (κ3) is 2.58. The van der Waals surface area contributed by atoms with Crippen LogP contribution < -0.4 is 0 Å². The molecular weight excluding hydrogens is 288 g/mol. The van der Waals surface area contributed by atoms with E-state index in [0.29, 0.717) is 31.6 Å². The highest BCUT2D eigenvalue weighted by molar-refractivity contribution is 7.90. The van der Waals surface area contributed by atoms with Crippen molar-refractivity contribution in [3.05, 3.63) is 35.9 Å². The maximum absolute atomic E-state index is 12.5. The van der Waals surface area contributed by atoms with Gasteiger partial charge in [0.15, 0.2) is 0 Å². The van der Waals surface area contributed by atoms with Gasteiger partial charge >= 0.3 is 0 Å². The van der Waals surface area contributed by atoms with Gasteiger partial charge in [-0.3, -0.25) is 4.79 Å². The van der Waals surface area contributed by atoms with Crippen LogP contribution in [0.15, 0.2) is 30.3 Å². The number of hydrogen-bond acceptors (Lipinski definition) is 3. The van der Waals surface area contributed by atoms with Crippen LogP contribution >= 0.6 is 0 Å². The van der Waals surface area contributed by atoms with Crippen molar-refractivity contribution in [2.75, 3.05) is 26.7 Å². The van der Waals surface area contributed by atoms with E-state index in [1.807, 2.05) is 18.2 Å². The highest BCUT2D eigenvalue weighted by Crippen LogP contribution is 2.33. The molecule has 0 radical (unpaired) electrons. The Kier molecular flexibility index (Phi) is 3.75. The van der Waals surface area contributed by atoms with E-state index >= 15 is 0 Å². The fourth-order valence-corrected chi connectivity index (χ4v) is 5.34. The summed E-state index contributed by atoms with van der Waals surface area (Å²) in [6.07, 6.45) is 1.29. The largest absolute Gasteiger partial charge is 0.339 e. The average molecular weight is 308 g/mol. The van der Waals surface area contributed by atoms with Crippen LogP contribution in [-0.2, 0) is 10.0 Å². The van der Waals surface area contributed by atoms with Crippen LogP contribution in [0.5, 0.6) is 0 Å². The van der Waals surface area contributed by atoms with Gasteiger partial charge in [0.2, 0.25) is 10.0 Å². The summed E-state index contributed by atoms with van der Waals surface area (Å²) in [7, 11) is -1.52. The van der Waals surface area contributed by atoms with Gasteiger partial charge in [0, 0.05) is 32.2 Å². The van der Waals surface area contributed by atoms with Gasteiger partial charge in [-0.2, -0.15) is 0 Å². The fraction of sp³-hybridized carbons (Fsp3) is 0.533. The molecule has 114 valence electrons. The molecule has 2 atom stereocenters. The smallest absolute Gasteiger partial charge is 0.253 e. The summed E-state index contributed by atoms with van der Waals surface area (Å²) in [4.78, 5) is 14.3. The molecular formula is C15H20N2O3S. The number of hydrogen-bond donors (Lipinski definition) is 0. The van der Waals surface area contributed by atoms with E-state index in [1.165, 1.54) is 4.31 Å². The first-order chi connectivity index (χ1) is 10.00. The second-order valence-electron chi connectivity index (χ2n) is 5.86. The molecule has 0 aliphatic carbocycles. The Morgan fingerprint density at radius 1 is 1.14 bits per heavy atom. The second-order valence-corrected chi connectivity index (χ2v) is 8.12. The summed E-state index contributed by atoms with van der Waals surface area (Å²) in [6, 6.07) is 9.18. The monoisotopic (exact) mass is 308 g/mol. The van der Waals surface area contributed by atoms with E-state index in [1.54, 1.807) is 24.1 Å². The molecule has 2 fully saturated rings. The number of benzene rings is 1. The molecule has 6 heteroatoms. The van der Waals surface area contributed by atoms with Gasteiger partial charge < -0.3 is 4.90 Å². The average Bonchev–Trinajstić information content (AvgIpc) is 2.64. The number of sulfonamides is 1. The Hall–Kier alpha value is -1.40. The molecule has 0 bridgehead atoms. The maximum Gasteiger partial charge on any atom is 0.253 e. The zero-order valence-electron chi connectivity index (χ0n) is 12.1. The number of carbonyl (C=O) groups excluding carboxylic acids is 1. The van der Waals surface area contributed by atoms with Crippen molar-refractivity contribution in [2.24, 2.45) is 5.92 Å². The Labute approximate surface area is 125 Å². The third-order valence-corrected chi connectivity index (χ3v) is 7.00. The van der Waals surface area contributed by atoms with Crippen molar-refractivity contribution in [3.63, 3.8) is 0 Å². The Balaban J connectivity index is 1.75. The van der Waals surface area contributed by atoms with Gasteiger partial charge in [0.05, 0.1) is 5.25 Å². The Morgan fingerprint density at radius 3 is 2.52 bits per heavy atom. The summed E-state index contributed by atoms with van der Waals surface area (Å²) in [6.45, 7) is 1.74. The number of nitrogens with zero attached hydrogens (tertiary/aromatic N) is 2. The zero-order chi connectivity index (χ0) is 15.0. The normalized spacial score (nSPS) is 28.9. The lowest BCUT2D eigenvalue weighted by Crippen LogP contribution is -2.34. The second kappa shape index (κ2) is 5.42. The zero-order valence-corrected chi connectivity index (χ0v) is 12.9. The summed E-state index contributed by atoms with van der Waals surface area (Å²) >= 11 is 0. The predicted molar refractivity (Wildman–Crippen MR) is 80.4 cm³/mol. The van der Waals surface area contributed by atoms with Gasteiger partial charge in [0.25, 0.3) is 5.91 Å². The molecule has 2 heterocycles. The molecule has 2 saturated heterocycles. The van der Waals surface area contributed by atoms with Crippen molar-refractivity contribution in [3.8, 4) is 0 Å². The van der Waals surface area contributed by atoms with Crippen molar-refractivity contribution in [2.45, 2.75) is 18.1 Å².